The van der Waals surface area contributed by atoms with E-state index in [-0.39, 0.29) is 33.6 Å². The number of amides is 1. The molecule has 10 heteroatoms. The number of carbonyl (C=O) groups excluding carboxylic acids is 1. The molecule has 3 aromatic rings. The van der Waals surface area contributed by atoms with Crippen LogP contribution < -0.4 is 10.0 Å². The van der Waals surface area contributed by atoms with E-state index in [1.165, 1.54) is 48.2 Å². The van der Waals surface area contributed by atoms with Crippen LogP contribution in [0.3, 0.4) is 0 Å². The zero-order valence-corrected chi connectivity index (χ0v) is 19.1. The van der Waals surface area contributed by atoms with Gasteiger partial charge in [-0.25, -0.2) is 12.8 Å². The molecule has 0 saturated carbocycles. The van der Waals surface area contributed by atoms with Gasteiger partial charge in [-0.2, -0.15) is 0 Å². The van der Waals surface area contributed by atoms with E-state index in [1.807, 2.05) is 12.1 Å². The number of sulfonamides is 1. The van der Waals surface area contributed by atoms with E-state index in [0.717, 1.165) is 11.0 Å². The Morgan fingerprint density at radius 2 is 1.68 bits per heavy atom. The average molecular weight is 499 g/mol. The van der Waals surface area contributed by atoms with Crippen LogP contribution in [0.5, 0.6) is 0 Å². The van der Waals surface area contributed by atoms with E-state index < -0.39 is 15.8 Å². The molecule has 0 bridgehead atoms. The Morgan fingerprint density at radius 3 is 2.39 bits per heavy atom. The van der Waals surface area contributed by atoms with Crippen LogP contribution in [0.2, 0.25) is 10.0 Å². The third-order valence-corrected chi connectivity index (χ3v) is 7.01. The lowest BCUT2D eigenvalue weighted by atomic mass is 10.3. The van der Waals surface area contributed by atoms with Gasteiger partial charge in [0.25, 0.3) is 10.0 Å². The van der Waals surface area contributed by atoms with Crippen molar-refractivity contribution >= 4 is 62.3 Å². The summed E-state index contributed by atoms with van der Waals surface area (Å²) in [5, 5.41) is 3.44. The van der Waals surface area contributed by atoms with E-state index in [0.29, 0.717) is 10.8 Å². The lowest BCUT2D eigenvalue weighted by molar-refractivity contribution is -0.115. The average Bonchev–Trinajstić information content (AvgIpc) is 2.72. The summed E-state index contributed by atoms with van der Waals surface area (Å²) < 4.78 is 41.2. The second kappa shape index (κ2) is 10.4. The van der Waals surface area contributed by atoms with Crippen molar-refractivity contribution in [1.29, 1.82) is 0 Å². The van der Waals surface area contributed by atoms with E-state index in [1.54, 1.807) is 12.1 Å². The van der Waals surface area contributed by atoms with Crippen molar-refractivity contribution in [3.63, 3.8) is 0 Å². The normalized spacial score (nSPS) is 11.2. The molecule has 0 aliphatic heterocycles. The van der Waals surface area contributed by atoms with Crippen molar-refractivity contribution in [2.45, 2.75) is 16.2 Å². The maximum absolute atomic E-state index is 13.8. The molecule has 5 nitrogen and oxygen atoms in total. The fourth-order valence-electron chi connectivity index (χ4n) is 2.52. The maximum Gasteiger partial charge on any atom is 0.262 e. The first kappa shape index (κ1) is 23.4. The SMILES string of the molecule is O=C(CCSc1ccc(Cl)cc1)Nc1cc(S(=O)(=O)Nc2ccccc2F)ccc1Cl. The predicted octanol–water partition coefficient (Wildman–Crippen LogP) is 6.05. The Balaban J connectivity index is 1.65. The van der Waals surface area contributed by atoms with Gasteiger partial charge in [-0.3, -0.25) is 9.52 Å². The second-order valence-corrected chi connectivity index (χ2v) is 10.0. The van der Waals surface area contributed by atoms with Crippen LogP contribution in [-0.4, -0.2) is 20.1 Å². The van der Waals surface area contributed by atoms with Crippen LogP contribution in [0, 0.1) is 5.82 Å². The van der Waals surface area contributed by atoms with Crippen LogP contribution in [0.15, 0.2) is 76.5 Å². The second-order valence-electron chi connectivity index (χ2n) is 6.33. The summed E-state index contributed by atoms with van der Waals surface area (Å²) in [5.74, 6) is -0.510. The van der Waals surface area contributed by atoms with Gasteiger partial charge in [-0.1, -0.05) is 35.3 Å². The highest BCUT2D eigenvalue weighted by Crippen LogP contribution is 2.28. The topological polar surface area (TPSA) is 75.3 Å². The van der Waals surface area contributed by atoms with E-state index in [2.05, 4.69) is 10.0 Å². The highest BCUT2D eigenvalue weighted by atomic mass is 35.5. The molecule has 31 heavy (non-hydrogen) atoms. The van der Waals surface area contributed by atoms with Crippen molar-refractivity contribution in [3.05, 3.63) is 82.6 Å². The number of hydrogen-bond donors (Lipinski definition) is 2. The van der Waals surface area contributed by atoms with Crippen molar-refractivity contribution in [3.8, 4) is 0 Å². The Bertz CT molecular complexity index is 1190. The molecule has 0 spiro atoms. The third-order valence-electron chi connectivity index (χ3n) is 4.05. The molecule has 1 amide bonds. The number of hydrogen-bond acceptors (Lipinski definition) is 4. The molecule has 0 fully saturated rings. The Morgan fingerprint density at radius 1 is 0.968 bits per heavy atom. The zero-order chi connectivity index (χ0) is 22.4. The summed E-state index contributed by atoms with van der Waals surface area (Å²) in [6.07, 6.45) is 0.189. The van der Waals surface area contributed by atoms with Gasteiger partial charge in [-0.05, 0) is 54.6 Å². The molecular formula is C21H17Cl2FN2O3S2. The molecule has 0 unspecified atom stereocenters. The molecular weight excluding hydrogens is 482 g/mol. The van der Waals surface area contributed by atoms with E-state index in [4.69, 9.17) is 23.2 Å². The van der Waals surface area contributed by atoms with Crippen LogP contribution in [0.4, 0.5) is 15.8 Å². The van der Waals surface area contributed by atoms with Gasteiger partial charge < -0.3 is 5.32 Å². The first-order valence-corrected chi connectivity index (χ1v) is 12.2. The number of benzene rings is 3. The van der Waals surface area contributed by atoms with Gasteiger partial charge in [0, 0.05) is 22.1 Å². The number of carbonyl (C=O) groups is 1. The zero-order valence-electron chi connectivity index (χ0n) is 15.9. The monoisotopic (exact) mass is 498 g/mol. The van der Waals surface area contributed by atoms with Gasteiger partial charge >= 0.3 is 0 Å². The smallest absolute Gasteiger partial charge is 0.262 e. The van der Waals surface area contributed by atoms with Crippen molar-refractivity contribution in [2.24, 2.45) is 0 Å². The number of para-hydroxylation sites is 1. The number of nitrogens with one attached hydrogen (secondary N) is 2. The molecule has 0 aliphatic rings. The van der Waals surface area contributed by atoms with Gasteiger partial charge in [0.05, 0.1) is 21.3 Å². The Hall–Kier alpha value is -2.26. The summed E-state index contributed by atoms with van der Waals surface area (Å²) in [6, 6.07) is 16.5. The Kier molecular flexibility index (Phi) is 7.83. The minimum Gasteiger partial charge on any atom is -0.325 e. The highest BCUT2D eigenvalue weighted by molar-refractivity contribution is 7.99. The molecule has 3 aromatic carbocycles. The first-order valence-electron chi connectivity index (χ1n) is 9.00. The fraction of sp³-hybridized carbons (Fsp3) is 0.0952. The summed E-state index contributed by atoms with van der Waals surface area (Å²) in [5.41, 5.74) is -0.0261. The van der Waals surface area contributed by atoms with Gasteiger partial charge in [0.15, 0.2) is 0 Å². The first-order chi connectivity index (χ1) is 14.7. The molecule has 0 atom stereocenters. The number of rotatable bonds is 8. The van der Waals surface area contributed by atoms with Gasteiger partial charge in [-0.15, -0.1) is 11.8 Å². The minimum absolute atomic E-state index is 0.152. The lowest BCUT2D eigenvalue weighted by Gasteiger charge is -2.12. The molecule has 0 radical (unpaired) electrons. The molecule has 3 rings (SSSR count). The molecule has 0 aliphatic carbocycles. The fourth-order valence-corrected chi connectivity index (χ4v) is 4.76. The van der Waals surface area contributed by atoms with E-state index in [9.17, 15) is 17.6 Å². The lowest BCUT2D eigenvalue weighted by Crippen LogP contribution is -2.16. The van der Waals surface area contributed by atoms with Crippen LogP contribution >= 0.6 is 35.0 Å². The molecule has 0 saturated heterocycles. The Labute approximate surface area is 194 Å². The van der Waals surface area contributed by atoms with Gasteiger partial charge in [0.2, 0.25) is 5.91 Å². The molecule has 2 N–H and O–H groups in total. The number of anilines is 2. The largest absolute Gasteiger partial charge is 0.325 e. The summed E-state index contributed by atoms with van der Waals surface area (Å²) in [4.78, 5) is 13.1. The van der Waals surface area contributed by atoms with Crippen LogP contribution in [0.25, 0.3) is 0 Å². The molecule has 0 heterocycles. The standard InChI is InChI=1S/C21H17Cl2FN2O3S2/c22-14-5-7-15(8-6-14)30-12-11-21(27)25-20-13-16(9-10-17(20)23)31(28,29)26-19-4-2-1-3-18(19)24/h1-10,13,26H,11-12H2,(H,25,27). The third kappa shape index (κ3) is 6.61. The summed E-state index contributed by atoms with van der Waals surface area (Å²) in [6.45, 7) is 0. The van der Waals surface area contributed by atoms with Crippen LogP contribution in [-0.2, 0) is 14.8 Å². The van der Waals surface area contributed by atoms with Crippen molar-refractivity contribution in [1.82, 2.24) is 0 Å². The van der Waals surface area contributed by atoms with E-state index >= 15 is 0 Å². The number of halogens is 3. The quantitative estimate of drug-likeness (QED) is 0.370. The van der Waals surface area contributed by atoms with Crippen molar-refractivity contribution < 1.29 is 17.6 Å². The minimum atomic E-state index is -4.08. The highest BCUT2D eigenvalue weighted by Gasteiger charge is 2.18. The van der Waals surface area contributed by atoms with Crippen LogP contribution in [0.1, 0.15) is 6.42 Å². The maximum atomic E-state index is 13.8. The predicted molar refractivity (Wildman–Crippen MR) is 124 cm³/mol. The number of thioether (sulfide) groups is 1. The molecule has 162 valence electrons. The van der Waals surface area contributed by atoms with Crippen molar-refractivity contribution in [2.75, 3.05) is 15.8 Å². The van der Waals surface area contributed by atoms with Gasteiger partial charge in [0.1, 0.15) is 5.82 Å². The molecule has 0 aromatic heterocycles. The summed E-state index contributed by atoms with van der Waals surface area (Å²) >= 11 is 13.4. The summed E-state index contributed by atoms with van der Waals surface area (Å²) in [7, 11) is -4.08.